The minimum atomic E-state index is -0.309. The second-order valence-electron chi connectivity index (χ2n) is 9.39. The SMILES string of the molecule is C[C@@H]1C[C@H](C)CN(C(=O)[C@@H]2CCCN(c3ncnc4onc(-c5ccc(F)cc5)c34)C2)C1. The summed E-state index contributed by atoms with van der Waals surface area (Å²) in [5, 5.41) is 4.89. The predicted octanol–water partition coefficient (Wildman–Crippen LogP) is 4.14. The van der Waals surface area contributed by atoms with Crippen molar-refractivity contribution in [1.29, 1.82) is 0 Å². The molecule has 0 N–H and O–H groups in total. The second-order valence-corrected chi connectivity index (χ2v) is 9.39. The number of halogens is 1. The molecule has 2 saturated heterocycles. The zero-order valence-electron chi connectivity index (χ0n) is 18.5. The number of hydrogen-bond donors (Lipinski definition) is 0. The first-order valence-electron chi connectivity index (χ1n) is 11.4. The third-order valence-corrected chi connectivity index (χ3v) is 6.62. The van der Waals surface area contributed by atoms with Crippen LogP contribution in [0.3, 0.4) is 0 Å². The first-order valence-corrected chi connectivity index (χ1v) is 11.4. The van der Waals surface area contributed by atoms with Gasteiger partial charge in [0.15, 0.2) is 0 Å². The lowest BCUT2D eigenvalue weighted by Gasteiger charge is -2.40. The van der Waals surface area contributed by atoms with E-state index in [-0.39, 0.29) is 17.6 Å². The van der Waals surface area contributed by atoms with Crippen LogP contribution in [0.1, 0.15) is 33.1 Å². The molecule has 4 heterocycles. The fourth-order valence-corrected chi connectivity index (χ4v) is 5.29. The van der Waals surface area contributed by atoms with E-state index in [1.807, 2.05) is 0 Å². The molecule has 2 fully saturated rings. The maximum Gasteiger partial charge on any atom is 0.263 e. The summed E-state index contributed by atoms with van der Waals surface area (Å²) >= 11 is 0. The Labute approximate surface area is 186 Å². The van der Waals surface area contributed by atoms with E-state index in [0.717, 1.165) is 38.0 Å². The van der Waals surface area contributed by atoms with Crippen molar-refractivity contribution in [1.82, 2.24) is 20.0 Å². The van der Waals surface area contributed by atoms with Gasteiger partial charge in [0.05, 0.1) is 5.92 Å². The smallest absolute Gasteiger partial charge is 0.263 e. The normalized spacial score (nSPS) is 24.2. The molecule has 5 rings (SSSR count). The molecule has 0 saturated carbocycles. The van der Waals surface area contributed by atoms with Gasteiger partial charge in [0, 0.05) is 31.7 Å². The molecule has 0 unspecified atom stereocenters. The van der Waals surface area contributed by atoms with Crippen LogP contribution in [0.4, 0.5) is 10.2 Å². The van der Waals surface area contributed by atoms with E-state index in [1.54, 1.807) is 12.1 Å². The standard InChI is InChI=1S/C24H28FN5O2/c1-15-10-16(2)12-30(11-15)24(31)18-4-3-9-29(13-18)22-20-21(17-5-7-19(25)8-6-17)28-32-23(20)27-14-26-22/h5-8,14-16,18H,3-4,9-13H2,1-2H3/t15-,16+,18-/m1/s1. The number of fused-ring (bicyclic) bond motifs is 1. The number of carbonyl (C=O) groups is 1. The Morgan fingerprint density at radius 1 is 1.09 bits per heavy atom. The molecular weight excluding hydrogens is 409 g/mol. The summed E-state index contributed by atoms with van der Waals surface area (Å²) < 4.78 is 18.9. The highest BCUT2D eigenvalue weighted by Gasteiger charge is 2.34. The number of hydrogen-bond acceptors (Lipinski definition) is 6. The van der Waals surface area contributed by atoms with Gasteiger partial charge in [0.2, 0.25) is 5.91 Å². The molecular formula is C24H28FN5O2. The van der Waals surface area contributed by atoms with Gasteiger partial charge >= 0.3 is 0 Å². The number of benzene rings is 1. The molecule has 0 aliphatic carbocycles. The number of anilines is 1. The maximum absolute atomic E-state index is 13.4. The van der Waals surface area contributed by atoms with Crippen LogP contribution < -0.4 is 4.90 Å². The highest BCUT2D eigenvalue weighted by molar-refractivity contribution is 5.98. The average Bonchev–Trinajstić information content (AvgIpc) is 3.23. The van der Waals surface area contributed by atoms with Crippen LogP contribution in [0, 0.1) is 23.6 Å². The molecule has 1 aromatic carbocycles. The van der Waals surface area contributed by atoms with Gasteiger partial charge in [-0.15, -0.1) is 0 Å². The minimum Gasteiger partial charge on any atom is -0.355 e. The van der Waals surface area contributed by atoms with Crippen LogP contribution in [-0.4, -0.2) is 52.1 Å². The van der Waals surface area contributed by atoms with Gasteiger partial charge in [0.25, 0.3) is 5.71 Å². The van der Waals surface area contributed by atoms with Gasteiger partial charge in [-0.3, -0.25) is 4.79 Å². The van der Waals surface area contributed by atoms with Crippen molar-refractivity contribution >= 4 is 22.8 Å². The summed E-state index contributed by atoms with van der Waals surface area (Å²) in [4.78, 5) is 26.3. The van der Waals surface area contributed by atoms with Gasteiger partial charge < -0.3 is 14.3 Å². The number of carbonyl (C=O) groups excluding carboxylic acids is 1. The maximum atomic E-state index is 13.4. The van der Waals surface area contributed by atoms with Crippen LogP contribution in [0.5, 0.6) is 0 Å². The Morgan fingerprint density at radius 3 is 2.59 bits per heavy atom. The Morgan fingerprint density at radius 2 is 1.84 bits per heavy atom. The number of piperidine rings is 2. The number of aromatic nitrogens is 3. The molecule has 1 amide bonds. The summed E-state index contributed by atoms with van der Waals surface area (Å²) in [5.41, 5.74) is 1.71. The lowest BCUT2D eigenvalue weighted by molar-refractivity contribution is -0.138. The summed E-state index contributed by atoms with van der Waals surface area (Å²) in [6.07, 6.45) is 4.45. The Hall–Kier alpha value is -3.03. The number of amides is 1. The van der Waals surface area contributed by atoms with Crippen molar-refractivity contribution in [2.45, 2.75) is 33.1 Å². The molecule has 2 aliphatic rings. The molecule has 7 nitrogen and oxygen atoms in total. The third kappa shape index (κ3) is 3.94. The molecule has 168 valence electrons. The van der Waals surface area contributed by atoms with Crippen LogP contribution in [0.15, 0.2) is 35.1 Å². The average molecular weight is 438 g/mol. The van der Waals surface area contributed by atoms with E-state index in [9.17, 15) is 9.18 Å². The number of nitrogens with zero attached hydrogens (tertiary/aromatic N) is 5. The lowest BCUT2D eigenvalue weighted by Crippen LogP contribution is -2.49. The van der Waals surface area contributed by atoms with Gasteiger partial charge in [-0.05, 0) is 55.4 Å². The van der Waals surface area contributed by atoms with Crippen molar-refractivity contribution in [3.8, 4) is 11.3 Å². The molecule has 3 atom stereocenters. The van der Waals surface area contributed by atoms with E-state index in [0.29, 0.717) is 41.0 Å². The van der Waals surface area contributed by atoms with Crippen molar-refractivity contribution in [2.24, 2.45) is 17.8 Å². The van der Waals surface area contributed by atoms with Crippen molar-refractivity contribution in [2.75, 3.05) is 31.1 Å². The zero-order valence-corrected chi connectivity index (χ0v) is 18.5. The second kappa shape index (κ2) is 8.48. The topological polar surface area (TPSA) is 75.4 Å². The van der Waals surface area contributed by atoms with Crippen LogP contribution in [0.2, 0.25) is 0 Å². The Bertz CT molecular complexity index is 1110. The van der Waals surface area contributed by atoms with E-state index in [1.165, 1.54) is 24.9 Å². The molecule has 3 aromatic rings. The molecule has 2 aliphatic heterocycles. The Balaban J connectivity index is 1.43. The first kappa shape index (κ1) is 20.8. The van der Waals surface area contributed by atoms with Crippen molar-refractivity contribution < 1.29 is 13.7 Å². The summed E-state index contributed by atoms with van der Waals surface area (Å²) in [6.45, 7) is 7.55. The molecule has 0 radical (unpaired) electrons. The molecule has 32 heavy (non-hydrogen) atoms. The van der Waals surface area contributed by atoms with Gasteiger partial charge in [-0.25, -0.2) is 9.37 Å². The minimum absolute atomic E-state index is 0.0552. The van der Waals surface area contributed by atoms with Gasteiger partial charge in [-0.1, -0.05) is 19.0 Å². The van der Waals surface area contributed by atoms with Gasteiger partial charge in [0.1, 0.15) is 29.0 Å². The lowest BCUT2D eigenvalue weighted by atomic mass is 9.89. The zero-order chi connectivity index (χ0) is 22.2. The van der Waals surface area contributed by atoms with Gasteiger partial charge in [-0.2, -0.15) is 4.98 Å². The van der Waals surface area contributed by atoms with E-state index < -0.39 is 0 Å². The predicted molar refractivity (Wildman–Crippen MR) is 119 cm³/mol. The largest absolute Gasteiger partial charge is 0.355 e. The summed E-state index contributed by atoms with van der Waals surface area (Å²) in [6, 6.07) is 6.14. The van der Waals surface area contributed by atoms with Crippen LogP contribution >= 0.6 is 0 Å². The van der Waals surface area contributed by atoms with E-state index in [2.05, 4.69) is 38.8 Å². The van der Waals surface area contributed by atoms with E-state index in [4.69, 9.17) is 4.52 Å². The fraction of sp³-hybridized carbons (Fsp3) is 0.500. The summed E-state index contributed by atoms with van der Waals surface area (Å²) in [5.74, 6) is 1.69. The third-order valence-electron chi connectivity index (χ3n) is 6.62. The Kier molecular flexibility index (Phi) is 5.53. The molecule has 0 spiro atoms. The summed E-state index contributed by atoms with van der Waals surface area (Å²) in [7, 11) is 0. The first-order chi connectivity index (χ1) is 15.5. The fourth-order valence-electron chi connectivity index (χ4n) is 5.29. The quantitative estimate of drug-likeness (QED) is 0.613. The highest BCUT2D eigenvalue weighted by Crippen LogP contribution is 2.35. The monoisotopic (exact) mass is 437 g/mol. The highest BCUT2D eigenvalue weighted by atomic mass is 19.1. The number of likely N-dealkylation sites (tertiary alicyclic amines) is 1. The molecule has 2 aromatic heterocycles. The molecule has 0 bridgehead atoms. The number of rotatable bonds is 3. The van der Waals surface area contributed by atoms with Crippen LogP contribution in [-0.2, 0) is 4.79 Å². The molecule has 8 heteroatoms. The van der Waals surface area contributed by atoms with Crippen LogP contribution in [0.25, 0.3) is 22.4 Å². The van der Waals surface area contributed by atoms with Crippen molar-refractivity contribution in [3.63, 3.8) is 0 Å². The van der Waals surface area contributed by atoms with Crippen molar-refractivity contribution in [3.05, 3.63) is 36.4 Å². The van der Waals surface area contributed by atoms with E-state index >= 15 is 0 Å².